The predicted octanol–water partition coefficient (Wildman–Crippen LogP) is 3.17. The second-order valence-corrected chi connectivity index (χ2v) is 7.50. The first-order valence-corrected chi connectivity index (χ1v) is 8.75. The Kier molecular flexibility index (Phi) is 5.86. The Morgan fingerprint density at radius 1 is 1.08 bits per heavy atom. The third kappa shape index (κ3) is 4.73. The smallest absolute Gasteiger partial charge is 0.246 e. The highest BCUT2D eigenvalue weighted by atomic mass is 16.2. The van der Waals surface area contributed by atoms with Gasteiger partial charge in [-0.15, -0.1) is 0 Å². The van der Waals surface area contributed by atoms with Crippen molar-refractivity contribution in [3.63, 3.8) is 0 Å². The van der Waals surface area contributed by atoms with E-state index in [9.17, 15) is 9.59 Å². The molecule has 5 nitrogen and oxygen atoms in total. The molecule has 0 saturated carbocycles. The highest BCUT2D eigenvalue weighted by Crippen LogP contribution is 2.28. The number of nitrogens with one attached hydrogen (secondary N) is 2. The van der Waals surface area contributed by atoms with E-state index in [2.05, 4.69) is 15.5 Å². The van der Waals surface area contributed by atoms with Crippen LogP contribution >= 0.6 is 0 Å². The van der Waals surface area contributed by atoms with Crippen LogP contribution in [-0.4, -0.2) is 30.9 Å². The number of hydrogen-bond donors (Lipinski definition) is 2. The summed E-state index contributed by atoms with van der Waals surface area (Å²) in [4.78, 5) is 26.8. The van der Waals surface area contributed by atoms with Crippen molar-refractivity contribution in [3.05, 3.63) is 24.3 Å². The van der Waals surface area contributed by atoms with Gasteiger partial charge in [-0.3, -0.25) is 9.59 Å². The number of hydrogen-bond acceptors (Lipinski definition) is 3. The van der Waals surface area contributed by atoms with Crippen LogP contribution < -0.4 is 15.5 Å². The van der Waals surface area contributed by atoms with E-state index < -0.39 is 11.5 Å². The summed E-state index contributed by atoms with van der Waals surface area (Å²) in [7, 11) is 0. The van der Waals surface area contributed by atoms with Gasteiger partial charge in [-0.1, -0.05) is 32.9 Å². The number of amides is 2. The van der Waals surface area contributed by atoms with Gasteiger partial charge in [-0.2, -0.15) is 0 Å². The summed E-state index contributed by atoms with van der Waals surface area (Å²) in [6.45, 7) is 9.24. The first-order chi connectivity index (χ1) is 11.3. The van der Waals surface area contributed by atoms with E-state index in [1.807, 2.05) is 45.0 Å². The molecule has 1 aromatic carbocycles. The van der Waals surface area contributed by atoms with Gasteiger partial charge in [0.25, 0.3) is 0 Å². The number of carbonyl (C=O) groups is 2. The summed E-state index contributed by atoms with van der Waals surface area (Å²) in [5.41, 5.74) is 1.35. The van der Waals surface area contributed by atoms with E-state index in [1.165, 1.54) is 19.3 Å². The number of nitrogens with zero attached hydrogens (tertiary/aromatic N) is 1. The second kappa shape index (κ2) is 7.69. The van der Waals surface area contributed by atoms with Crippen LogP contribution in [0, 0.1) is 5.41 Å². The zero-order valence-electron chi connectivity index (χ0n) is 15.2. The fourth-order valence-corrected chi connectivity index (χ4v) is 2.71. The standard InChI is InChI=1S/C19H29N3O2/c1-14(20-18(24)19(2,3)4)17(23)21-15-10-6-7-11-16(15)22-12-8-5-9-13-22/h6-7,10-11,14H,5,8-9,12-13H2,1-4H3,(H,20,24)(H,21,23). The van der Waals surface area contributed by atoms with Crippen molar-refractivity contribution in [1.29, 1.82) is 0 Å². The van der Waals surface area contributed by atoms with E-state index >= 15 is 0 Å². The summed E-state index contributed by atoms with van der Waals surface area (Å²) in [6.07, 6.45) is 3.63. The minimum absolute atomic E-state index is 0.130. The van der Waals surface area contributed by atoms with Crippen LogP contribution in [0.25, 0.3) is 0 Å². The Hall–Kier alpha value is -2.04. The Bertz CT molecular complexity index is 587. The van der Waals surface area contributed by atoms with Crippen LogP contribution in [0.15, 0.2) is 24.3 Å². The predicted molar refractivity (Wildman–Crippen MR) is 98.2 cm³/mol. The van der Waals surface area contributed by atoms with Crippen LogP contribution in [-0.2, 0) is 9.59 Å². The highest BCUT2D eigenvalue weighted by Gasteiger charge is 2.25. The molecule has 1 atom stereocenters. The fraction of sp³-hybridized carbons (Fsp3) is 0.579. The summed E-state index contributed by atoms with van der Waals surface area (Å²) < 4.78 is 0. The van der Waals surface area contributed by atoms with Gasteiger partial charge in [0.05, 0.1) is 11.4 Å². The molecule has 1 aliphatic rings. The van der Waals surface area contributed by atoms with Gasteiger partial charge in [-0.05, 0) is 38.3 Å². The van der Waals surface area contributed by atoms with Crippen LogP contribution in [0.3, 0.4) is 0 Å². The number of rotatable bonds is 4. The maximum Gasteiger partial charge on any atom is 0.246 e. The van der Waals surface area contributed by atoms with Gasteiger partial charge in [0, 0.05) is 18.5 Å². The quantitative estimate of drug-likeness (QED) is 0.891. The van der Waals surface area contributed by atoms with E-state index in [-0.39, 0.29) is 11.8 Å². The number of para-hydroxylation sites is 2. The maximum absolute atomic E-state index is 12.5. The Labute approximate surface area is 144 Å². The molecule has 0 aliphatic carbocycles. The summed E-state index contributed by atoms with van der Waals surface area (Å²) in [5.74, 6) is -0.327. The second-order valence-electron chi connectivity index (χ2n) is 7.50. The van der Waals surface area contributed by atoms with Crippen molar-refractivity contribution in [1.82, 2.24) is 5.32 Å². The number of carbonyl (C=O) groups excluding carboxylic acids is 2. The topological polar surface area (TPSA) is 61.4 Å². The van der Waals surface area contributed by atoms with Crippen molar-refractivity contribution >= 4 is 23.2 Å². The normalized spacial score (nSPS) is 16.4. The zero-order valence-corrected chi connectivity index (χ0v) is 15.2. The molecular formula is C19H29N3O2. The van der Waals surface area contributed by atoms with Crippen molar-refractivity contribution in [2.24, 2.45) is 5.41 Å². The first-order valence-electron chi connectivity index (χ1n) is 8.75. The molecule has 0 radical (unpaired) electrons. The van der Waals surface area contributed by atoms with Gasteiger partial charge in [0.1, 0.15) is 6.04 Å². The lowest BCUT2D eigenvalue weighted by Crippen LogP contribution is -2.46. The molecule has 2 N–H and O–H groups in total. The molecule has 2 amide bonds. The molecule has 1 fully saturated rings. The third-order valence-corrected chi connectivity index (χ3v) is 4.28. The van der Waals surface area contributed by atoms with E-state index in [0.29, 0.717) is 0 Å². The molecule has 2 rings (SSSR count). The maximum atomic E-state index is 12.5. The summed E-state index contributed by atoms with van der Waals surface area (Å²) in [6, 6.07) is 7.29. The fourth-order valence-electron chi connectivity index (χ4n) is 2.71. The van der Waals surface area contributed by atoms with Gasteiger partial charge in [-0.25, -0.2) is 0 Å². The Morgan fingerprint density at radius 3 is 2.33 bits per heavy atom. The van der Waals surface area contributed by atoms with Crippen molar-refractivity contribution < 1.29 is 9.59 Å². The first kappa shape index (κ1) is 18.3. The van der Waals surface area contributed by atoms with Crippen LogP contribution in [0.1, 0.15) is 47.0 Å². The van der Waals surface area contributed by atoms with Crippen molar-refractivity contribution in [2.75, 3.05) is 23.3 Å². The molecule has 1 unspecified atom stereocenters. The van der Waals surface area contributed by atoms with Crippen molar-refractivity contribution in [2.45, 2.75) is 53.0 Å². The van der Waals surface area contributed by atoms with Crippen LogP contribution in [0.5, 0.6) is 0 Å². The van der Waals surface area contributed by atoms with E-state index in [0.717, 1.165) is 24.5 Å². The molecule has 1 saturated heterocycles. The zero-order chi connectivity index (χ0) is 17.7. The minimum Gasteiger partial charge on any atom is -0.370 e. The monoisotopic (exact) mass is 331 g/mol. The molecule has 0 bridgehead atoms. The summed E-state index contributed by atoms with van der Waals surface area (Å²) in [5, 5.41) is 5.74. The lowest BCUT2D eigenvalue weighted by Gasteiger charge is -2.31. The molecular weight excluding hydrogens is 302 g/mol. The highest BCUT2D eigenvalue weighted by molar-refractivity contribution is 5.99. The average Bonchev–Trinajstić information content (AvgIpc) is 2.55. The largest absolute Gasteiger partial charge is 0.370 e. The molecule has 1 aromatic rings. The van der Waals surface area contributed by atoms with Gasteiger partial charge in [0.15, 0.2) is 0 Å². The minimum atomic E-state index is -0.578. The van der Waals surface area contributed by atoms with Crippen molar-refractivity contribution in [3.8, 4) is 0 Å². The molecule has 0 aromatic heterocycles. The Balaban J connectivity index is 2.05. The molecule has 24 heavy (non-hydrogen) atoms. The van der Waals surface area contributed by atoms with Crippen LogP contribution in [0.4, 0.5) is 11.4 Å². The SMILES string of the molecule is CC(NC(=O)C(C)(C)C)C(=O)Nc1ccccc1N1CCCCC1. The third-order valence-electron chi connectivity index (χ3n) is 4.28. The molecule has 1 aliphatic heterocycles. The Morgan fingerprint density at radius 2 is 1.71 bits per heavy atom. The van der Waals surface area contributed by atoms with E-state index in [1.54, 1.807) is 6.92 Å². The van der Waals surface area contributed by atoms with Gasteiger partial charge in [0.2, 0.25) is 11.8 Å². The number of benzene rings is 1. The molecule has 0 spiro atoms. The van der Waals surface area contributed by atoms with Gasteiger partial charge < -0.3 is 15.5 Å². The van der Waals surface area contributed by atoms with Crippen LogP contribution in [0.2, 0.25) is 0 Å². The molecule has 5 heteroatoms. The van der Waals surface area contributed by atoms with E-state index in [4.69, 9.17) is 0 Å². The average molecular weight is 331 g/mol. The number of piperidine rings is 1. The molecule has 132 valence electrons. The van der Waals surface area contributed by atoms with Gasteiger partial charge >= 0.3 is 0 Å². The molecule has 1 heterocycles. The lowest BCUT2D eigenvalue weighted by molar-refractivity contribution is -0.131. The number of anilines is 2. The lowest BCUT2D eigenvalue weighted by atomic mass is 9.95. The summed E-state index contributed by atoms with van der Waals surface area (Å²) >= 11 is 0.